The van der Waals surface area contributed by atoms with Gasteiger partial charge in [0, 0.05) is 36.6 Å². The summed E-state index contributed by atoms with van der Waals surface area (Å²) in [5.74, 6) is 0.806. The second-order valence-electron chi connectivity index (χ2n) is 4.89. The summed E-state index contributed by atoms with van der Waals surface area (Å²) in [7, 11) is 1.76. The van der Waals surface area contributed by atoms with Gasteiger partial charge in [-0.25, -0.2) is 4.98 Å². The molecule has 0 fully saturated rings. The van der Waals surface area contributed by atoms with E-state index in [2.05, 4.69) is 14.7 Å². The van der Waals surface area contributed by atoms with Gasteiger partial charge >= 0.3 is 0 Å². The zero-order valence-electron chi connectivity index (χ0n) is 12.1. The lowest BCUT2D eigenvalue weighted by atomic mass is 10.1. The summed E-state index contributed by atoms with van der Waals surface area (Å²) < 4.78 is 4.73. The van der Waals surface area contributed by atoms with Crippen molar-refractivity contribution in [3.05, 3.63) is 46.5 Å². The maximum absolute atomic E-state index is 12.1. The number of anilines is 1. The van der Waals surface area contributed by atoms with E-state index in [4.69, 9.17) is 0 Å². The van der Waals surface area contributed by atoms with E-state index in [0.717, 1.165) is 28.0 Å². The van der Waals surface area contributed by atoms with E-state index >= 15 is 0 Å². The normalized spacial score (nSPS) is 11.0. The zero-order valence-corrected chi connectivity index (χ0v) is 12.9. The molecule has 2 N–H and O–H groups in total. The van der Waals surface area contributed by atoms with Crippen molar-refractivity contribution in [1.82, 2.24) is 14.5 Å². The second kappa shape index (κ2) is 5.29. The molecule has 6 heteroatoms. The minimum Gasteiger partial charge on any atom is -0.357 e. The van der Waals surface area contributed by atoms with Gasteiger partial charge in [-0.2, -0.15) is 0 Å². The van der Waals surface area contributed by atoms with E-state index < -0.39 is 0 Å². The van der Waals surface area contributed by atoms with E-state index in [1.807, 2.05) is 37.6 Å². The maximum Gasteiger partial charge on any atom is 0.274 e. The van der Waals surface area contributed by atoms with Crippen LogP contribution in [0.25, 0.3) is 22.2 Å². The Hall–Kier alpha value is -2.21. The van der Waals surface area contributed by atoms with Crippen LogP contribution in [0.2, 0.25) is 0 Å². The van der Waals surface area contributed by atoms with E-state index in [1.54, 1.807) is 17.8 Å². The first-order valence-corrected chi connectivity index (χ1v) is 7.78. The second-order valence-corrected chi connectivity index (χ2v) is 5.51. The lowest BCUT2D eigenvalue weighted by molar-refractivity contribution is 0.871. The number of hydrogen-bond donors (Lipinski definition) is 2. The Morgan fingerprint density at radius 1 is 1.33 bits per heavy atom. The van der Waals surface area contributed by atoms with Crippen molar-refractivity contribution in [2.24, 2.45) is 7.05 Å². The molecule has 0 atom stereocenters. The molecule has 0 saturated carbocycles. The largest absolute Gasteiger partial charge is 0.357 e. The predicted molar refractivity (Wildman–Crippen MR) is 88.6 cm³/mol. The number of aromatic amines is 1. The molecule has 0 radical (unpaired) electrons. The Bertz CT molecular complexity index is 866. The fourth-order valence-electron chi connectivity index (χ4n) is 2.42. The number of nitrogens with zero attached hydrogens (tertiary/aromatic N) is 2. The van der Waals surface area contributed by atoms with Crippen LogP contribution in [0.4, 0.5) is 5.82 Å². The molecule has 3 aromatic rings. The summed E-state index contributed by atoms with van der Waals surface area (Å²) in [6, 6.07) is 5.90. The molecule has 0 aliphatic heterocycles. The molecular formula is C15H16N4OS. The quantitative estimate of drug-likeness (QED) is 0.730. The van der Waals surface area contributed by atoms with Crippen LogP contribution in [0.3, 0.4) is 0 Å². The number of pyridine rings is 2. The van der Waals surface area contributed by atoms with Crippen LogP contribution in [0.5, 0.6) is 0 Å². The van der Waals surface area contributed by atoms with E-state index in [1.165, 1.54) is 11.9 Å². The van der Waals surface area contributed by atoms with Crippen LogP contribution >= 0.6 is 11.9 Å². The molecule has 3 rings (SSSR count). The standard InChI is InChI=1S/C15H16N4OS/c1-9-4-5-12(18-21-3)17-13(9)11-8-19(2)15(20)14-10(11)6-7-16-14/h4-8,16H,1-3H3,(H,17,18). The van der Waals surface area contributed by atoms with Crippen LogP contribution in [0.1, 0.15) is 5.56 Å². The topological polar surface area (TPSA) is 62.7 Å². The van der Waals surface area contributed by atoms with Gasteiger partial charge in [0.15, 0.2) is 0 Å². The lowest BCUT2D eigenvalue weighted by Gasteiger charge is -2.11. The summed E-state index contributed by atoms with van der Waals surface area (Å²) in [5.41, 5.74) is 3.49. The highest BCUT2D eigenvalue weighted by atomic mass is 32.2. The molecule has 0 saturated heterocycles. The van der Waals surface area contributed by atoms with E-state index in [-0.39, 0.29) is 5.56 Å². The molecule has 0 unspecified atom stereocenters. The molecule has 5 nitrogen and oxygen atoms in total. The van der Waals surface area contributed by atoms with Gasteiger partial charge in [0.2, 0.25) is 0 Å². The molecule has 108 valence electrons. The van der Waals surface area contributed by atoms with Crippen molar-refractivity contribution in [1.29, 1.82) is 0 Å². The maximum atomic E-state index is 12.1. The van der Waals surface area contributed by atoms with Gasteiger partial charge in [0.25, 0.3) is 5.56 Å². The SMILES string of the molecule is CSNc1ccc(C)c(-c2cn(C)c(=O)c3[nH]ccc23)n1. The summed E-state index contributed by atoms with van der Waals surface area (Å²) in [6.45, 7) is 2.02. The molecular weight excluding hydrogens is 284 g/mol. The highest BCUT2D eigenvalue weighted by Crippen LogP contribution is 2.28. The zero-order chi connectivity index (χ0) is 15.0. The van der Waals surface area contributed by atoms with Gasteiger partial charge in [-0.1, -0.05) is 18.0 Å². The summed E-state index contributed by atoms with van der Waals surface area (Å²) >= 11 is 1.50. The van der Waals surface area contributed by atoms with E-state index in [0.29, 0.717) is 5.52 Å². The van der Waals surface area contributed by atoms with Crippen molar-refractivity contribution >= 4 is 28.7 Å². The van der Waals surface area contributed by atoms with Crippen molar-refractivity contribution in [3.63, 3.8) is 0 Å². The van der Waals surface area contributed by atoms with Gasteiger partial charge in [0.05, 0.1) is 5.69 Å². The van der Waals surface area contributed by atoms with Gasteiger partial charge in [-0.3, -0.25) is 4.79 Å². The Morgan fingerprint density at radius 2 is 2.14 bits per heavy atom. The Morgan fingerprint density at radius 3 is 2.90 bits per heavy atom. The molecule has 0 aliphatic carbocycles. The van der Waals surface area contributed by atoms with Crippen LogP contribution in [-0.4, -0.2) is 20.8 Å². The Labute approximate surface area is 126 Å². The molecule has 3 aromatic heterocycles. The molecule has 0 spiro atoms. The van der Waals surface area contributed by atoms with Crippen LogP contribution in [-0.2, 0) is 7.05 Å². The first-order valence-electron chi connectivity index (χ1n) is 6.55. The number of H-pyrrole nitrogens is 1. The van der Waals surface area contributed by atoms with Crippen molar-refractivity contribution in [3.8, 4) is 11.3 Å². The number of nitrogens with one attached hydrogen (secondary N) is 2. The first kappa shape index (κ1) is 13.8. The van der Waals surface area contributed by atoms with Crippen LogP contribution < -0.4 is 10.3 Å². The lowest BCUT2D eigenvalue weighted by Crippen LogP contribution is -2.16. The third kappa shape index (κ3) is 2.31. The Balaban J connectivity index is 2.30. The van der Waals surface area contributed by atoms with E-state index in [9.17, 15) is 4.79 Å². The van der Waals surface area contributed by atoms with Gasteiger partial charge < -0.3 is 14.3 Å². The molecule has 3 heterocycles. The Kier molecular flexibility index (Phi) is 3.47. The number of rotatable bonds is 3. The number of aryl methyl sites for hydroxylation is 2. The third-order valence-electron chi connectivity index (χ3n) is 3.45. The summed E-state index contributed by atoms with van der Waals surface area (Å²) in [6.07, 6.45) is 5.59. The molecule has 21 heavy (non-hydrogen) atoms. The first-order chi connectivity index (χ1) is 10.1. The molecule has 0 bridgehead atoms. The summed E-state index contributed by atoms with van der Waals surface area (Å²) in [5, 5.41) is 0.898. The van der Waals surface area contributed by atoms with Gasteiger partial charge in [0.1, 0.15) is 11.3 Å². The molecule has 0 aromatic carbocycles. The number of aromatic nitrogens is 3. The average molecular weight is 300 g/mol. The number of hydrogen-bond acceptors (Lipinski definition) is 4. The smallest absolute Gasteiger partial charge is 0.274 e. The monoisotopic (exact) mass is 300 g/mol. The van der Waals surface area contributed by atoms with Crippen LogP contribution in [0.15, 0.2) is 35.4 Å². The highest BCUT2D eigenvalue weighted by Gasteiger charge is 2.13. The third-order valence-corrected chi connectivity index (χ3v) is 3.87. The highest BCUT2D eigenvalue weighted by molar-refractivity contribution is 7.99. The van der Waals surface area contributed by atoms with Crippen LogP contribution in [0, 0.1) is 6.92 Å². The van der Waals surface area contributed by atoms with Gasteiger partial charge in [-0.05, 0) is 24.6 Å². The van der Waals surface area contributed by atoms with Crippen molar-refractivity contribution in [2.45, 2.75) is 6.92 Å². The predicted octanol–water partition coefficient (Wildman–Crippen LogP) is 2.93. The fourth-order valence-corrected chi connectivity index (χ4v) is 2.74. The van der Waals surface area contributed by atoms with Crippen molar-refractivity contribution in [2.75, 3.05) is 11.0 Å². The minimum atomic E-state index is -0.0326. The van der Waals surface area contributed by atoms with Crippen molar-refractivity contribution < 1.29 is 0 Å². The fraction of sp³-hybridized carbons (Fsp3) is 0.200. The summed E-state index contributed by atoms with van der Waals surface area (Å²) in [4.78, 5) is 19.8. The van der Waals surface area contributed by atoms with Gasteiger partial charge in [-0.15, -0.1) is 0 Å². The molecule has 0 aliphatic rings. The average Bonchev–Trinajstić information content (AvgIpc) is 2.95. The minimum absolute atomic E-state index is 0.0326. The number of fused-ring (bicyclic) bond motifs is 1. The molecule has 0 amide bonds.